The first kappa shape index (κ1) is 20.0. The number of hydrogen-bond donors (Lipinski definition) is 2. The number of aryl methyl sites for hydroxylation is 1. The summed E-state index contributed by atoms with van der Waals surface area (Å²) < 4.78 is 26.5. The molecule has 0 spiro atoms. The van der Waals surface area contributed by atoms with Crippen LogP contribution in [0.3, 0.4) is 0 Å². The highest BCUT2D eigenvalue weighted by molar-refractivity contribution is 7.89. The van der Waals surface area contributed by atoms with Crippen molar-refractivity contribution in [1.29, 1.82) is 0 Å². The molecule has 0 fully saturated rings. The Hall–Kier alpha value is -2.71. The molecular weight excluding hydrogens is 376 g/mol. The molecule has 0 saturated heterocycles. The summed E-state index contributed by atoms with van der Waals surface area (Å²) in [7, 11) is -3.48. The van der Waals surface area contributed by atoms with Crippen LogP contribution < -0.4 is 5.32 Å². The summed E-state index contributed by atoms with van der Waals surface area (Å²) in [6.07, 6.45) is 0. The number of fused-ring (bicyclic) bond motifs is 1. The number of H-pyrrole nitrogens is 1. The molecule has 2 aromatic carbocycles. The van der Waals surface area contributed by atoms with Gasteiger partial charge in [-0.25, -0.2) is 8.42 Å². The lowest BCUT2D eigenvalue weighted by Gasteiger charge is -2.18. The molecule has 148 valence electrons. The molecule has 0 saturated carbocycles. The number of nitrogens with one attached hydrogen (secondary N) is 2. The van der Waals surface area contributed by atoms with E-state index in [1.54, 1.807) is 24.3 Å². The molecule has 28 heavy (non-hydrogen) atoms. The maximum absolute atomic E-state index is 12.5. The van der Waals surface area contributed by atoms with Crippen molar-refractivity contribution in [3.63, 3.8) is 0 Å². The average Bonchev–Trinajstić information content (AvgIpc) is 3.10. The highest BCUT2D eigenvalue weighted by Crippen LogP contribution is 2.18. The predicted octanol–water partition coefficient (Wildman–Crippen LogP) is 2.83. The zero-order valence-corrected chi connectivity index (χ0v) is 17.0. The molecule has 1 aromatic heterocycles. The molecule has 3 aromatic rings. The molecule has 2 N–H and O–H groups in total. The van der Waals surface area contributed by atoms with Gasteiger partial charge in [0.05, 0.1) is 10.4 Å². The Balaban J connectivity index is 1.71. The topological polar surface area (TPSA) is 95.2 Å². The van der Waals surface area contributed by atoms with E-state index in [1.807, 2.05) is 39.0 Å². The number of aromatic amines is 1. The number of hydrogen-bond acceptors (Lipinski definition) is 4. The summed E-state index contributed by atoms with van der Waals surface area (Å²) >= 11 is 0. The third-order valence-corrected chi connectivity index (χ3v) is 6.72. The molecule has 0 unspecified atom stereocenters. The van der Waals surface area contributed by atoms with Gasteiger partial charge in [-0.2, -0.15) is 9.40 Å². The van der Waals surface area contributed by atoms with E-state index in [-0.39, 0.29) is 17.3 Å². The standard InChI is InChI=1S/C20H24N4O3S/c1-4-24(5-2)28(26,27)16-9-7-15(8-10-16)13-21-20(25)19-17-12-14(3)6-11-18(17)22-23-19/h6-12H,4-5,13H2,1-3H3,(H,21,25)(H,22,23). The van der Waals surface area contributed by atoms with E-state index in [1.165, 1.54) is 4.31 Å². The van der Waals surface area contributed by atoms with E-state index in [9.17, 15) is 13.2 Å². The quantitative estimate of drug-likeness (QED) is 0.637. The number of sulfonamides is 1. The van der Waals surface area contributed by atoms with Gasteiger partial charge in [0.15, 0.2) is 5.69 Å². The van der Waals surface area contributed by atoms with Crippen molar-refractivity contribution < 1.29 is 13.2 Å². The van der Waals surface area contributed by atoms with Crippen molar-refractivity contribution in [3.8, 4) is 0 Å². The van der Waals surface area contributed by atoms with Crippen molar-refractivity contribution in [3.05, 3.63) is 59.3 Å². The number of rotatable bonds is 7. The molecule has 0 atom stereocenters. The average molecular weight is 401 g/mol. The van der Waals surface area contributed by atoms with E-state index in [0.717, 1.165) is 22.0 Å². The number of aromatic nitrogens is 2. The number of carbonyl (C=O) groups is 1. The monoisotopic (exact) mass is 400 g/mol. The van der Waals surface area contributed by atoms with Crippen LogP contribution in [0, 0.1) is 6.92 Å². The summed E-state index contributed by atoms with van der Waals surface area (Å²) in [5.74, 6) is -0.281. The summed E-state index contributed by atoms with van der Waals surface area (Å²) in [6, 6.07) is 12.3. The fourth-order valence-electron chi connectivity index (χ4n) is 3.06. The van der Waals surface area contributed by atoms with Gasteiger partial charge in [-0.15, -0.1) is 0 Å². The fourth-order valence-corrected chi connectivity index (χ4v) is 4.52. The van der Waals surface area contributed by atoms with Crippen LogP contribution in [0.5, 0.6) is 0 Å². The van der Waals surface area contributed by atoms with Crippen LogP contribution in [0.2, 0.25) is 0 Å². The predicted molar refractivity (Wildman–Crippen MR) is 109 cm³/mol. The van der Waals surface area contributed by atoms with Crippen LogP contribution in [0.4, 0.5) is 0 Å². The second-order valence-corrected chi connectivity index (χ2v) is 8.48. The van der Waals surface area contributed by atoms with Gasteiger partial charge in [-0.05, 0) is 36.8 Å². The van der Waals surface area contributed by atoms with Gasteiger partial charge in [0, 0.05) is 25.0 Å². The normalized spacial score (nSPS) is 11.9. The van der Waals surface area contributed by atoms with E-state index in [0.29, 0.717) is 18.8 Å². The maximum atomic E-state index is 12.5. The Morgan fingerprint density at radius 2 is 1.79 bits per heavy atom. The lowest BCUT2D eigenvalue weighted by molar-refractivity contribution is 0.0947. The molecule has 0 aliphatic rings. The first-order chi connectivity index (χ1) is 13.4. The molecule has 7 nitrogen and oxygen atoms in total. The minimum atomic E-state index is -3.48. The largest absolute Gasteiger partial charge is 0.347 e. The van der Waals surface area contributed by atoms with E-state index < -0.39 is 10.0 Å². The third kappa shape index (κ3) is 3.93. The minimum absolute atomic E-state index is 0.250. The SMILES string of the molecule is CCN(CC)S(=O)(=O)c1ccc(CNC(=O)c2n[nH]c3ccc(C)cc23)cc1. The van der Waals surface area contributed by atoms with Crippen LogP contribution in [-0.4, -0.2) is 41.9 Å². The highest BCUT2D eigenvalue weighted by Gasteiger charge is 2.21. The number of carbonyl (C=O) groups excluding carboxylic acids is 1. The zero-order valence-electron chi connectivity index (χ0n) is 16.2. The van der Waals surface area contributed by atoms with E-state index in [2.05, 4.69) is 15.5 Å². The van der Waals surface area contributed by atoms with Crippen molar-refractivity contribution in [2.45, 2.75) is 32.2 Å². The number of nitrogens with zero attached hydrogens (tertiary/aromatic N) is 2. The van der Waals surface area contributed by atoms with Gasteiger partial charge in [-0.1, -0.05) is 37.6 Å². The molecule has 0 radical (unpaired) electrons. The van der Waals surface area contributed by atoms with E-state index in [4.69, 9.17) is 0 Å². The maximum Gasteiger partial charge on any atom is 0.272 e. The molecule has 0 aliphatic heterocycles. The second-order valence-electron chi connectivity index (χ2n) is 6.54. The van der Waals surface area contributed by atoms with E-state index >= 15 is 0 Å². The molecule has 1 amide bonds. The summed E-state index contributed by atoms with van der Waals surface area (Å²) in [5.41, 5.74) is 3.01. The second kappa shape index (κ2) is 8.12. The van der Waals surface area contributed by atoms with Gasteiger partial charge >= 0.3 is 0 Å². The summed E-state index contributed by atoms with van der Waals surface area (Å²) in [6.45, 7) is 6.71. The number of benzene rings is 2. The molecule has 0 aliphatic carbocycles. The first-order valence-corrected chi connectivity index (χ1v) is 10.6. The van der Waals surface area contributed by atoms with Crippen molar-refractivity contribution in [2.24, 2.45) is 0 Å². The third-order valence-electron chi connectivity index (χ3n) is 4.65. The Morgan fingerprint density at radius 1 is 1.11 bits per heavy atom. The molecule has 0 bridgehead atoms. The van der Waals surface area contributed by atoms with Gasteiger partial charge in [-0.3, -0.25) is 9.89 Å². The van der Waals surface area contributed by atoms with Crippen LogP contribution in [0.15, 0.2) is 47.4 Å². The van der Waals surface area contributed by atoms with Crippen molar-refractivity contribution in [2.75, 3.05) is 13.1 Å². The van der Waals surface area contributed by atoms with Gasteiger partial charge < -0.3 is 5.32 Å². The number of amides is 1. The zero-order chi connectivity index (χ0) is 20.3. The molecule has 8 heteroatoms. The smallest absolute Gasteiger partial charge is 0.272 e. The lowest BCUT2D eigenvalue weighted by Crippen LogP contribution is -2.30. The fraction of sp³-hybridized carbons (Fsp3) is 0.300. The van der Waals surface area contributed by atoms with Crippen LogP contribution in [-0.2, 0) is 16.6 Å². The van der Waals surface area contributed by atoms with Crippen LogP contribution in [0.25, 0.3) is 10.9 Å². The minimum Gasteiger partial charge on any atom is -0.347 e. The van der Waals surface area contributed by atoms with Crippen molar-refractivity contribution in [1.82, 2.24) is 19.8 Å². The Labute approximate surface area is 164 Å². The van der Waals surface area contributed by atoms with Gasteiger partial charge in [0.2, 0.25) is 10.0 Å². The first-order valence-electron chi connectivity index (χ1n) is 9.18. The van der Waals surface area contributed by atoms with Gasteiger partial charge in [0.1, 0.15) is 0 Å². The molecule has 3 rings (SSSR count). The van der Waals surface area contributed by atoms with Crippen molar-refractivity contribution >= 4 is 26.8 Å². The van der Waals surface area contributed by atoms with Crippen LogP contribution >= 0.6 is 0 Å². The molecule has 1 heterocycles. The summed E-state index contributed by atoms with van der Waals surface area (Å²) in [4.78, 5) is 12.8. The highest BCUT2D eigenvalue weighted by atomic mass is 32.2. The lowest BCUT2D eigenvalue weighted by atomic mass is 10.1. The molecular formula is C20H24N4O3S. The Kier molecular flexibility index (Phi) is 5.81. The summed E-state index contributed by atoms with van der Waals surface area (Å²) in [5, 5.41) is 10.6. The Morgan fingerprint density at radius 3 is 2.43 bits per heavy atom. The Bertz CT molecular complexity index is 1080. The van der Waals surface area contributed by atoms with Gasteiger partial charge in [0.25, 0.3) is 5.91 Å². The van der Waals surface area contributed by atoms with Crippen LogP contribution in [0.1, 0.15) is 35.5 Å².